The van der Waals surface area contributed by atoms with E-state index in [0.29, 0.717) is 6.41 Å². The average Bonchev–Trinajstić information content (AvgIpc) is 2.46. The van der Waals surface area contributed by atoms with Gasteiger partial charge in [0.05, 0.1) is 18.3 Å². The van der Waals surface area contributed by atoms with Crippen molar-refractivity contribution in [3.8, 4) is 11.3 Å². The summed E-state index contributed by atoms with van der Waals surface area (Å²) < 4.78 is 0. The van der Waals surface area contributed by atoms with Crippen molar-refractivity contribution in [3.63, 3.8) is 0 Å². The molecule has 0 aliphatic heterocycles. The number of aromatic nitrogens is 1. The third-order valence-electron chi connectivity index (χ3n) is 2.73. The van der Waals surface area contributed by atoms with Gasteiger partial charge in [0.15, 0.2) is 0 Å². The molecule has 4 heteroatoms. The Morgan fingerprint density at radius 1 is 1.22 bits per heavy atom. The van der Waals surface area contributed by atoms with Gasteiger partial charge in [-0.2, -0.15) is 0 Å². The maximum absolute atomic E-state index is 10.4. The molecule has 0 saturated carbocycles. The van der Waals surface area contributed by atoms with Gasteiger partial charge in [0.2, 0.25) is 6.41 Å². The summed E-state index contributed by atoms with van der Waals surface area (Å²) in [5, 5.41) is 11.7. The highest BCUT2D eigenvalue weighted by molar-refractivity contribution is 5.59. The quantitative estimate of drug-likeness (QED) is 0.781. The predicted molar refractivity (Wildman–Crippen MR) is 68.7 cm³/mol. The van der Waals surface area contributed by atoms with Crippen molar-refractivity contribution >= 4 is 6.41 Å². The Morgan fingerprint density at radius 2 is 2.00 bits per heavy atom. The topological polar surface area (TPSA) is 62.2 Å². The Labute approximate surface area is 105 Å². The number of rotatable bonds is 5. The van der Waals surface area contributed by atoms with Crippen LogP contribution in [0.1, 0.15) is 11.6 Å². The number of nitrogens with one attached hydrogen (secondary N) is 1. The standard InChI is InChI=1S/C14H14N2O2/c17-9-14(16-10-18)12-6-4-11(5-7-12)13-3-1-2-8-15-13/h1-8,10,14,17H,9H2,(H,16,18). The molecule has 0 aliphatic carbocycles. The van der Waals surface area contributed by atoms with E-state index in [9.17, 15) is 4.79 Å². The van der Waals surface area contributed by atoms with Crippen LogP contribution in [0.2, 0.25) is 0 Å². The van der Waals surface area contributed by atoms with Crippen molar-refractivity contribution < 1.29 is 9.90 Å². The second kappa shape index (κ2) is 5.93. The van der Waals surface area contributed by atoms with Gasteiger partial charge in [-0.1, -0.05) is 30.3 Å². The highest BCUT2D eigenvalue weighted by Gasteiger charge is 2.08. The molecule has 0 bridgehead atoms. The summed E-state index contributed by atoms with van der Waals surface area (Å²) in [7, 11) is 0. The first-order chi connectivity index (χ1) is 8.85. The molecule has 0 fully saturated rings. The molecule has 0 saturated heterocycles. The number of nitrogens with zero attached hydrogens (tertiary/aromatic N) is 1. The molecular formula is C14H14N2O2. The van der Waals surface area contributed by atoms with Crippen LogP contribution in [0, 0.1) is 0 Å². The number of aliphatic hydroxyl groups is 1. The van der Waals surface area contributed by atoms with Crippen LogP contribution >= 0.6 is 0 Å². The number of carbonyl (C=O) groups excluding carboxylic acids is 1. The molecule has 92 valence electrons. The molecule has 2 N–H and O–H groups in total. The van der Waals surface area contributed by atoms with Gasteiger partial charge in [0.25, 0.3) is 0 Å². The highest BCUT2D eigenvalue weighted by atomic mass is 16.3. The van der Waals surface area contributed by atoms with Gasteiger partial charge >= 0.3 is 0 Å². The minimum atomic E-state index is -0.361. The lowest BCUT2D eigenvalue weighted by Crippen LogP contribution is -2.22. The monoisotopic (exact) mass is 242 g/mol. The molecule has 0 aliphatic rings. The van der Waals surface area contributed by atoms with Crippen molar-refractivity contribution in [1.29, 1.82) is 0 Å². The number of hydrogen-bond donors (Lipinski definition) is 2. The van der Waals surface area contributed by atoms with Crippen molar-refractivity contribution in [3.05, 3.63) is 54.2 Å². The second-order valence-corrected chi connectivity index (χ2v) is 3.86. The normalized spacial score (nSPS) is 11.8. The van der Waals surface area contributed by atoms with Crippen LogP contribution in [-0.4, -0.2) is 23.1 Å². The number of benzene rings is 1. The molecule has 1 aromatic heterocycles. The molecule has 2 rings (SSSR count). The van der Waals surface area contributed by atoms with Gasteiger partial charge in [-0.3, -0.25) is 9.78 Å². The number of aliphatic hydroxyl groups excluding tert-OH is 1. The lowest BCUT2D eigenvalue weighted by atomic mass is 10.0. The lowest BCUT2D eigenvalue weighted by Gasteiger charge is -2.13. The van der Waals surface area contributed by atoms with Crippen LogP contribution in [0.25, 0.3) is 11.3 Å². The molecule has 4 nitrogen and oxygen atoms in total. The van der Waals surface area contributed by atoms with E-state index >= 15 is 0 Å². The highest BCUT2D eigenvalue weighted by Crippen LogP contribution is 2.19. The Balaban J connectivity index is 2.22. The molecule has 18 heavy (non-hydrogen) atoms. The van der Waals surface area contributed by atoms with E-state index in [-0.39, 0.29) is 12.6 Å². The zero-order chi connectivity index (χ0) is 12.8. The number of amides is 1. The van der Waals surface area contributed by atoms with E-state index in [1.807, 2.05) is 42.5 Å². The van der Waals surface area contributed by atoms with E-state index in [1.54, 1.807) is 6.20 Å². The van der Waals surface area contributed by atoms with Crippen molar-refractivity contribution in [2.45, 2.75) is 6.04 Å². The van der Waals surface area contributed by atoms with Gasteiger partial charge in [0, 0.05) is 11.8 Å². The molecule has 0 radical (unpaired) electrons. The minimum absolute atomic E-state index is 0.123. The summed E-state index contributed by atoms with van der Waals surface area (Å²) >= 11 is 0. The van der Waals surface area contributed by atoms with Gasteiger partial charge in [0.1, 0.15) is 0 Å². The zero-order valence-corrected chi connectivity index (χ0v) is 9.78. The molecule has 0 spiro atoms. The molecule has 2 aromatic rings. The Kier molecular flexibility index (Phi) is 4.04. The van der Waals surface area contributed by atoms with Crippen molar-refractivity contribution in [1.82, 2.24) is 10.3 Å². The Bertz CT molecular complexity index is 497. The molecule has 1 heterocycles. The predicted octanol–water partition coefficient (Wildman–Crippen LogP) is 1.53. The van der Waals surface area contributed by atoms with Gasteiger partial charge < -0.3 is 10.4 Å². The minimum Gasteiger partial charge on any atom is -0.394 e. The van der Waals surface area contributed by atoms with Crippen LogP contribution < -0.4 is 5.32 Å². The smallest absolute Gasteiger partial charge is 0.207 e. The number of pyridine rings is 1. The third kappa shape index (κ3) is 2.73. The maximum atomic E-state index is 10.4. The van der Waals surface area contributed by atoms with Gasteiger partial charge in [-0.25, -0.2) is 0 Å². The number of carbonyl (C=O) groups is 1. The number of hydrogen-bond acceptors (Lipinski definition) is 3. The van der Waals surface area contributed by atoms with Crippen LogP contribution in [-0.2, 0) is 4.79 Å². The summed E-state index contributed by atoms with van der Waals surface area (Å²) in [5.74, 6) is 0. The fourth-order valence-electron chi connectivity index (χ4n) is 1.76. The summed E-state index contributed by atoms with van der Waals surface area (Å²) in [4.78, 5) is 14.7. The van der Waals surface area contributed by atoms with E-state index in [4.69, 9.17) is 5.11 Å². The molecule has 1 amide bonds. The van der Waals surface area contributed by atoms with E-state index in [1.165, 1.54) is 0 Å². The fraction of sp³-hybridized carbons (Fsp3) is 0.143. The first-order valence-electron chi connectivity index (χ1n) is 5.67. The van der Waals surface area contributed by atoms with E-state index < -0.39 is 0 Å². The SMILES string of the molecule is O=CNC(CO)c1ccc(-c2ccccn2)cc1. The van der Waals surface area contributed by atoms with Crippen molar-refractivity contribution in [2.75, 3.05) is 6.61 Å². The average molecular weight is 242 g/mol. The second-order valence-electron chi connectivity index (χ2n) is 3.86. The molecule has 1 aromatic carbocycles. The summed E-state index contributed by atoms with van der Waals surface area (Å²) in [6, 6.07) is 13.0. The molecular weight excluding hydrogens is 228 g/mol. The van der Waals surface area contributed by atoms with E-state index in [2.05, 4.69) is 10.3 Å². The van der Waals surface area contributed by atoms with Crippen LogP contribution in [0.15, 0.2) is 48.7 Å². The first-order valence-corrected chi connectivity index (χ1v) is 5.67. The van der Waals surface area contributed by atoms with Crippen molar-refractivity contribution in [2.24, 2.45) is 0 Å². The van der Waals surface area contributed by atoms with Crippen LogP contribution in [0.4, 0.5) is 0 Å². The van der Waals surface area contributed by atoms with Crippen LogP contribution in [0.3, 0.4) is 0 Å². The fourth-order valence-corrected chi connectivity index (χ4v) is 1.76. The largest absolute Gasteiger partial charge is 0.394 e. The maximum Gasteiger partial charge on any atom is 0.207 e. The zero-order valence-electron chi connectivity index (χ0n) is 9.78. The molecule has 1 unspecified atom stereocenters. The van der Waals surface area contributed by atoms with Gasteiger partial charge in [-0.05, 0) is 17.7 Å². The third-order valence-corrected chi connectivity index (χ3v) is 2.73. The Morgan fingerprint density at radius 3 is 2.56 bits per heavy atom. The summed E-state index contributed by atoms with van der Waals surface area (Å²) in [5.41, 5.74) is 2.76. The summed E-state index contributed by atoms with van der Waals surface area (Å²) in [6.07, 6.45) is 2.33. The summed E-state index contributed by atoms with van der Waals surface area (Å²) in [6.45, 7) is -0.123. The lowest BCUT2D eigenvalue weighted by molar-refractivity contribution is -0.110. The first kappa shape index (κ1) is 12.3. The van der Waals surface area contributed by atoms with Gasteiger partial charge in [-0.15, -0.1) is 0 Å². The Hall–Kier alpha value is -2.20. The molecule has 1 atom stereocenters. The van der Waals surface area contributed by atoms with Crippen LogP contribution in [0.5, 0.6) is 0 Å². The van der Waals surface area contributed by atoms with E-state index in [0.717, 1.165) is 16.8 Å².